The van der Waals surface area contributed by atoms with Crippen LogP contribution in [0.25, 0.3) is 0 Å². The van der Waals surface area contributed by atoms with E-state index in [1.165, 1.54) is 36.8 Å². The first-order valence-electron chi connectivity index (χ1n) is 8.07. The lowest BCUT2D eigenvalue weighted by molar-refractivity contribution is 0.0949. The fourth-order valence-electron chi connectivity index (χ4n) is 2.30. The molecule has 2 aromatic heterocycles. The summed E-state index contributed by atoms with van der Waals surface area (Å²) in [4.78, 5) is 24.2. The summed E-state index contributed by atoms with van der Waals surface area (Å²) in [7, 11) is -3.70. The number of carbonyl (C=O) groups is 1. The van der Waals surface area contributed by atoms with E-state index in [0.29, 0.717) is 5.56 Å². The van der Waals surface area contributed by atoms with Crippen molar-refractivity contribution < 1.29 is 13.2 Å². The highest BCUT2D eigenvalue weighted by molar-refractivity contribution is 7.91. The zero-order valence-corrected chi connectivity index (χ0v) is 15.3. The van der Waals surface area contributed by atoms with Crippen LogP contribution in [0.15, 0.2) is 64.8 Å². The van der Waals surface area contributed by atoms with Crippen LogP contribution in [-0.4, -0.2) is 35.5 Å². The number of amides is 1. The van der Waals surface area contributed by atoms with Crippen molar-refractivity contribution in [3.63, 3.8) is 0 Å². The number of hydrogen-bond acceptors (Lipinski definition) is 8. The molecule has 1 amide bonds. The van der Waals surface area contributed by atoms with Crippen LogP contribution in [0.2, 0.25) is 0 Å². The van der Waals surface area contributed by atoms with E-state index in [2.05, 4.69) is 20.3 Å². The molecule has 0 radical (unpaired) electrons. The minimum atomic E-state index is -3.70. The summed E-state index contributed by atoms with van der Waals surface area (Å²) in [6.45, 7) is -0.00516. The number of aromatic nitrogens is 3. The van der Waals surface area contributed by atoms with Gasteiger partial charge in [-0.1, -0.05) is 18.2 Å². The molecular weight excluding hydrogens is 380 g/mol. The molecule has 0 fully saturated rings. The zero-order chi connectivity index (χ0) is 20.1. The Morgan fingerprint density at radius 1 is 1.07 bits per heavy atom. The van der Waals surface area contributed by atoms with Crippen molar-refractivity contribution in [3.05, 3.63) is 71.9 Å². The third-order valence-corrected chi connectivity index (χ3v) is 5.54. The first-order chi connectivity index (χ1) is 13.4. The molecule has 142 valence electrons. The van der Waals surface area contributed by atoms with Crippen molar-refractivity contribution in [2.45, 2.75) is 16.3 Å². The van der Waals surface area contributed by atoms with Crippen LogP contribution in [0.1, 0.15) is 21.7 Å². The molecule has 0 saturated heterocycles. The standard InChI is InChI=1S/C18H16N6O3S/c19-7-12-6-13(8-23-17(12)20)18(25)24-11-16-21-9-15(10-22-16)28(26,27)14-4-2-1-3-5-14/h1-10,19H,11H2,(H2,20,23)(H,24,25). The largest absolute Gasteiger partial charge is 0.383 e. The maximum Gasteiger partial charge on any atom is 0.253 e. The Labute approximate surface area is 161 Å². The van der Waals surface area contributed by atoms with E-state index in [9.17, 15) is 13.2 Å². The lowest BCUT2D eigenvalue weighted by atomic mass is 10.2. The van der Waals surface area contributed by atoms with Gasteiger partial charge in [0, 0.05) is 30.4 Å². The van der Waals surface area contributed by atoms with Crippen LogP contribution in [-0.2, 0) is 16.4 Å². The Morgan fingerprint density at radius 3 is 2.39 bits per heavy atom. The first kappa shape index (κ1) is 19.1. The molecule has 2 heterocycles. The summed E-state index contributed by atoms with van der Waals surface area (Å²) in [6.07, 6.45) is 4.71. The molecule has 28 heavy (non-hydrogen) atoms. The summed E-state index contributed by atoms with van der Waals surface area (Å²) in [5.74, 6) is -0.0404. The van der Waals surface area contributed by atoms with Gasteiger partial charge < -0.3 is 16.5 Å². The zero-order valence-electron chi connectivity index (χ0n) is 14.5. The summed E-state index contributed by atoms with van der Waals surface area (Å²) in [5, 5.41) is 9.85. The maximum atomic E-state index is 12.5. The molecule has 0 aliphatic carbocycles. The number of carbonyl (C=O) groups excluding carboxylic acids is 1. The molecule has 1 aromatic carbocycles. The first-order valence-corrected chi connectivity index (χ1v) is 9.55. The number of benzene rings is 1. The second-order valence-electron chi connectivity index (χ2n) is 5.68. The molecule has 10 heteroatoms. The molecule has 0 aliphatic rings. The summed E-state index contributed by atoms with van der Waals surface area (Å²) in [5.41, 5.74) is 6.16. The van der Waals surface area contributed by atoms with Gasteiger partial charge in [0.15, 0.2) is 0 Å². The van der Waals surface area contributed by atoms with Crippen LogP contribution in [0.3, 0.4) is 0 Å². The number of sulfone groups is 1. The van der Waals surface area contributed by atoms with Gasteiger partial charge in [0.25, 0.3) is 5.91 Å². The Hall–Kier alpha value is -3.66. The number of nitrogens with one attached hydrogen (secondary N) is 2. The van der Waals surface area contributed by atoms with Crippen molar-refractivity contribution in [2.75, 3.05) is 5.73 Å². The molecule has 0 unspecified atom stereocenters. The second kappa shape index (κ2) is 7.92. The van der Waals surface area contributed by atoms with E-state index in [4.69, 9.17) is 11.1 Å². The summed E-state index contributed by atoms with van der Waals surface area (Å²) in [6, 6.07) is 9.42. The quantitative estimate of drug-likeness (QED) is 0.530. The lowest BCUT2D eigenvalue weighted by Gasteiger charge is -2.07. The van der Waals surface area contributed by atoms with Gasteiger partial charge in [-0.2, -0.15) is 0 Å². The number of nitrogens with two attached hydrogens (primary N) is 1. The molecule has 9 nitrogen and oxygen atoms in total. The van der Waals surface area contributed by atoms with E-state index < -0.39 is 15.7 Å². The van der Waals surface area contributed by atoms with Crippen molar-refractivity contribution in [2.24, 2.45) is 0 Å². The number of nitrogens with zero attached hydrogens (tertiary/aromatic N) is 3. The molecular formula is C18H16N6O3S. The number of nitrogen functional groups attached to an aromatic ring is 1. The Kier molecular flexibility index (Phi) is 5.41. The van der Waals surface area contributed by atoms with Gasteiger partial charge in [0.2, 0.25) is 9.84 Å². The highest BCUT2D eigenvalue weighted by atomic mass is 32.2. The van der Waals surface area contributed by atoms with Crippen LogP contribution >= 0.6 is 0 Å². The molecule has 0 spiro atoms. The van der Waals surface area contributed by atoms with E-state index in [-0.39, 0.29) is 33.5 Å². The van der Waals surface area contributed by atoms with E-state index >= 15 is 0 Å². The van der Waals surface area contributed by atoms with Gasteiger partial charge in [-0.05, 0) is 18.2 Å². The second-order valence-corrected chi connectivity index (χ2v) is 7.63. The maximum absolute atomic E-state index is 12.5. The topological polar surface area (TPSA) is 152 Å². The number of hydrogen-bond donors (Lipinski definition) is 3. The minimum Gasteiger partial charge on any atom is -0.383 e. The van der Waals surface area contributed by atoms with Crippen molar-refractivity contribution in [1.82, 2.24) is 20.3 Å². The van der Waals surface area contributed by atoms with Gasteiger partial charge >= 0.3 is 0 Å². The lowest BCUT2D eigenvalue weighted by Crippen LogP contribution is -2.24. The molecule has 4 N–H and O–H groups in total. The SMILES string of the molecule is N=Cc1cc(C(=O)NCc2ncc(S(=O)(=O)c3ccccc3)cn2)cnc1N. The average Bonchev–Trinajstić information content (AvgIpc) is 2.73. The fourth-order valence-corrected chi connectivity index (χ4v) is 3.47. The van der Waals surface area contributed by atoms with E-state index in [0.717, 1.165) is 6.21 Å². The van der Waals surface area contributed by atoms with Crippen LogP contribution < -0.4 is 11.1 Å². The van der Waals surface area contributed by atoms with Gasteiger partial charge in [-0.3, -0.25) is 4.79 Å². The third-order valence-electron chi connectivity index (χ3n) is 3.82. The van der Waals surface area contributed by atoms with Crippen molar-refractivity contribution in [3.8, 4) is 0 Å². The molecule has 3 rings (SSSR count). The van der Waals surface area contributed by atoms with Crippen LogP contribution in [0.4, 0.5) is 5.82 Å². The van der Waals surface area contributed by atoms with Crippen molar-refractivity contribution >= 4 is 27.8 Å². The molecule has 0 saturated carbocycles. The Morgan fingerprint density at radius 2 is 1.75 bits per heavy atom. The molecule has 0 atom stereocenters. The van der Waals surface area contributed by atoms with Crippen molar-refractivity contribution in [1.29, 1.82) is 5.41 Å². The third kappa shape index (κ3) is 4.01. The number of rotatable bonds is 6. The molecule has 0 bridgehead atoms. The fraction of sp³-hybridized carbons (Fsp3) is 0.0556. The van der Waals surface area contributed by atoms with Gasteiger partial charge in [-0.15, -0.1) is 0 Å². The number of anilines is 1. The average molecular weight is 396 g/mol. The normalized spacial score (nSPS) is 11.0. The highest BCUT2D eigenvalue weighted by Gasteiger charge is 2.18. The monoisotopic (exact) mass is 396 g/mol. The highest BCUT2D eigenvalue weighted by Crippen LogP contribution is 2.18. The predicted octanol–water partition coefficient (Wildman–Crippen LogP) is 1.21. The summed E-state index contributed by atoms with van der Waals surface area (Å²) >= 11 is 0. The smallest absolute Gasteiger partial charge is 0.253 e. The number of pyridine rings is 1. The van der Waals surface area contributed by atoms with Crippen LogP contribution in [0.5, 0.6) is 0 Å². The van der Waals surface area contributed by atoms with E-state index in [1.54, 1.807) is 18.2 Å². The Bertz CT molecular complexity index is 1120. The molecule has 3 aromatic rings. The predicted molar refractivity (Wildman–Crippen MR) is 102 cm³/mol. The van der Waals surface area contributed by atoms with Gasteiger partial charge in [-0.25, -0.2) is 23.4 Å². The van der Waals surface area contributed by atoms with Gasteiger partial charge in [0.05, 0.1) is 17.0 Å². The van der Waals surface area contributed by atoms with Gasteiger partial charge in [0.1, 0.15) is 16.5 Å². The van der Waals surface area contributed by atoms with Crippen LogP contribution in [0, 0.1) is 5.41 Å². The summed E-state index contributed by atoms with van der Waals surface area (Å²) < 4.78 is 25.0. The Balaban J connectivity index is 1.70. The minimum absolute atomic E-state index is 0.00516. The van der Waals surface area contributed by atoms with E-state index in [1.807, 2.05) is 0 Å². The molecule has 0 aliphatic heterocycles.